The van der Waals surface area contributed by atoms with Crippen molar-refractivity contribution in [2.75, 3.05) is 7.05 Å². The summed E-state index contributed by atoms with van der Waals surface area (Å²) < 4.78 is 0. The Hall–Kier alpha value is -1.87. The van der Waals surface area contributed by atoms with Crippen molar-refractivity contribution in [1.29, 1.82) is 0 Å². The number of hydrogen-bond donors (Lipinski definition) is 0. The minimum Gasteiger partial charge on any atom is -0.333 e. The molecule has 1 aliphatic carbocycles. The van der Waals surface area contributed by atoms with Gasteiger partial charge < -0.3 is 4.90 Å². The number of fused-ring (bicyclic) bond motifs is 1. The van der Waals surface area contributed by atoms with Gasteiger partial charge in [0.05, 0.1) is 6.04 Å². The lowest BCUT2D eigenvalue weighted by atomic mass is 10.1. The molecule has 20 heavy (non-hydrogen) atoms. The van der Waals surface area contributed by atoms with E-state index in [1.54, 1.807) is 23.2 Å². The standard InChI is InChI=1S/C16H15ClN2O/c1-19(16(20)14-10-12(17)8-9-18-14)15-7-6-11-4-2-3-5-13(11)15/h2-5,8-10,15H,6-7H2,1H3. The van der Waals surface area contributed by atoms with Crippen molar-refractivity contribution in [1.82, 2.24) is 9.88 Å². The van der Waals surface area contributed by atoms with Crippen LogP contribution in [0.3, 0.4) is 0 Å². The van der Waals surface area contributed by atoms with Gasteiger partial charge in [-0.2, -0.15) is 0 Å². The van der Waals surface area contributed by atoms with Gasteiger partial charge in [-0.05, 0) is 36.1 Å². The molecule has 0 spiro atoms. The molecule has 102 valence electrons. The van der Waals surface area contributed by atoms with Crippen molar-refractivity contribution >= 4 is 17.5 Å². The van der Waals surface area contributed by atoms with E-state index in [1.807, 2.05) is 19.2 Å². The number of amides is 1. The largest absolute Gasteiger partial charge is 0.333 e. The molecule has 2 aromatic rings. The average Bonchev–Trinajstić information content (AvgIpc) is 2.89. The predicted molar refractivity (Wildman–Crippen MR) is 78.8 cm³/mol. The Kier molecular flexibility index (Phi) is 3.45. The Morgan fingerprint density at radius 1 is 1.35 bits per heavy atom. The maximum Gasteiger partial charge on any atom is 0.272 e. The third kappa shape index (κ3) is 2.29. The van der Waals surface area contributed by atoms with E-state index in [9.17, 15) is 4.79 Å². The highest BCUT2D eigenvalue weighted by atomic mass is 35.5. The van der Waals surface area contributed by atoms with Crippen LogP contribution in [0, 0.1) is 0 Å². The lowest BCUT2D eigenvalue weighted by Crippen LogP contribution is -2.30. The number of nitrogens with zero attached hydrogens (tertiary/aromatic N) is 2. The Morgan fingerprint density at radius 3 is 2.95 bits per heavy atom. The summed E-state index contributed by atoms with van der Waals surface area (Å²) >= 11 is 5.92. The zero-order chi connectivity index (χ0) is 14.1. The van der Waals surface area contributed by atoms with Gasteiger partial charge in [-0.1, -0.05) is 35.9 Å². The molecule has 1 heterocycles. The molecule has 0 N–H and O–H groups in total. The van der Waals surface area contributed by atoms with E-state index in [0.717, 1.165) is 12.8 Å². The Balaban J connectivity index is 1.87. The van der Waals surface area contributed by atoms with Gasteiger partial charge in [-0.25, -0.2) is 0 Å². The summed E-state index contributed by atoms with van der Waals surface area (Å²) in [5.41, 5.74) is 2.96. The number of hydrogen-bond acceptors (Lipinski definition) is 2. The van der Waals surface area contributed by atoms with E-state index >= 15 is 0 Å². The lowest BCUT2D eigenvalue weighted by Gasteiger charge is -2.25. The molecule has 3 nitrogen and oxygen atoms in total. The molecule has 0 bridgehead atoms. The summed E-state index contributed by atoms with van der Waals surface area (Å²) in [5, 5.41) is 0.531. The van der Waals surface area contributed by atoms with Crippen LogP contribution < -0.4 is 0 Å². The van der Waals surface area contributed by atoms with E-state index in [-0.39, 0.29) is 11.9 Å². The highest BCUT2D eigenvalue weighted by Crippen LogP contribution is 2.35. The van der Waals surface area contributed by atoms with Gasteiger partial charge in [0.2, 0.25) is 0 Å². The first kappa shape index (κ1) is 13.1. The van der Waals surface area contributed by atoms with Crippen LogP contribution in [-0.4, -0.2) is 22.8 Å². The Morgan fingerprint density at radius 2 is 2.15 bits per heavy atom. The molecule has 4 heteroatoms. The molecule has 0 fully saturated rings. The molecular formula is C16H15ClN2O. The van der Waals surface area contributed by atoms with E-state index < -0.39 is 0 Å². The van der Waals surface area contributed by atoms with Gasteiger partial charge in [0, 0.05) is 18.3 Å². The third-order valence-corrected chi connectivity index (χ3v) is 4.07. The minimum absolute atomic E-state index is 0.0887. The molecule has 1 aromatic heterocycles. The Bertz CT molecular complexity index is 656. The number of carbonyl (C=O) groups excluding carboxylic acids is 1. The van der Waals surface area contributed by atoms with Crippen LogP contribution in [0.1, 0.15) is 34.1 Å². The zero-order valence-electron chi connectivity index (χ0n) is 11.2. The van der Waals surface area contributed by atoms with Crippen molar-refractivity contribution in [2.24, 2.45) is 0 Å². The molecule has 1 aliphatic rings. The third-order valence-electron chi connectivity index (χ3n) is 3.83. The van der Waals surface area contributed by atoms with E-state index in [2.05, 4.69) is 17.1 Å². The number of benzene rings is 1. The van der Waals surface area contributed by atoms with Gasteiger partial charge in [0.15, 0.2) is 0 Å². The number of aryl methyl sites for hydroxylation is 1. The lowest BCUT2D eigenvalue weighted by molar-refractivity contribution is 0.0724. The molecule has 0 aliphatic heterocycles. The minimum atomic E-state index is -0.0887. The second-order valence-corrected chi connectivity index (χ2v) is 5.47. The van der Waals surface area contributed by atoms with E-state index in [0.29, 0.717) is 10.7 Å². The summed E-state index contributed by atoms with van der Waals surface area (Å²) in [7, 11) is 1.83. The van der Waals surface area contributed by atoms with E-state index in [1.165, 1.54) is 11.1 Å². The fourth-order valence-corrected chi connectivity index (χ4v) is 2.94. The molecule has 1 amide bonds. The van der Waals surface area contributed by atoms with Crippen LogP contribution in [0.2, 0.25) is 5.02 Å². The van der Waals surface area contributed by atoms with Crippen LogP contribution in [0.4, 0.5) is 0 Å². The molecule has 3 rings (SSSR count). The number of aromatic nitrogens is 1. The average molecular weight is 287 g/mol. The first-order valence-electron chi connectivity index (χ1n) is 6.63. The summed E-state index contributed by atoms with van der Waals surface area (Å²) in [6, 6.07) is 11.7. The molecule has 0 saturated carbocycles. The van der Waals surface area contributed by atoms with Gasteiger partial charge in [0.1, 0.15) is 5.69 Å². The summed E-state index contributed by atoms with van der Waals surface area (Å²) in [6.07, 6.45) is 3.54. The van der Waals surface area contributed by atoms with Gasteiger partial charge in [-0.3, -0.25) is 9.78 Å². The van der Waals surface area contributed by atoms with Crippen molar-refractivity contribution in [3.63, 3.8) is 0 Å². The normalized spacial score (nSPS) is 16.8. The number of halogens is 1. The SMILES string of the molecule is CN(C(=O)c1cc(Cl)ccn1)C1CCc2ccccc21. The Labute approximate surface area is 123 Å². The summed E-state index contributed by atoms with van der Waals surface area (Å²) in [4.78, 5) is 18.4. The van der Waals surface area contributed by atoms with Crippen LogP contribution in [0.5, 0.6) is 0 Å². The van der Waals surface area contributed by atoms with Crippen molar-refractivity contribution in [2.45, 2.75) is 18.9 Å². The first-order chi connectivity index (χ1) is 9.66. The van der Waals surface area contributed by atoms with Crippen molar-refractivity contribution in [3.05, 3.63) is 64.4 Å². The quantitative estimate of drug-likeness (QED) is 0.846. The second kappa shape index (κ2) is 5.25. The monoisotopic (exact) mass is 286 g/mol. The molecule has 1 atom stereocenters. The van der Waals surface area contributed by atoms with Gasteiger partial charge in [0.25, 0.3) is 5.91 Å². The summed E-state index contributed by atoms with van der Waals surface area (Å²) in [5.74, 6) is -0.0887. The first-order valence-corrected chi connectivity index (χ1v) is 7.01. The van der Waals surface area contributed by atoms with Gasteiger partial charge >= 0.3 is 0 Å². The topological polar surface area (TPSA) is 33.2 Å². The number of rotatable bonds is 2. The van der Waals surface area contributed by atoms with Crippen molar-refractivity contribution in [3.8, 4) is 0 Å². The maximum atomic E-state index is 12.5. The molecule has 1 aromatic carbocycles. The zero-order valence-corrected chi connectivity index (χ0v) is 12.0. The summed E-state index contributed by atoms with van der Waals surface area (Å²) in [6.45, 7) is 0. The molecular weight excluding hydrogens is 272 g/mol. The number of pyridine rings is 1. The smallest absolute Gasteiger partial charge is 0.272 e. The second-order valence-electron chi connectivity index (χ2n) is 5.03. The molecule has 0 saturated heterocycles. The van der Waals surface area contributed by atoms with Crippen LogP contribution >= 0.6 is 11.6 Å². The predicted octanol–water partition coefficient (Wildman–Crippen LogP) is 3.49. The van der Waals surface area contributed by atoms with Crippen molar-refractivity contribution < 1.29 is 4.79 Å². The maximum absolute atomic E-state index is 12.5. The van der Waals surface area contributed by atoms with Crippen LogP contribution in [-0.2, 0) is 6.42 Å². The highest BCUT2D eigenvalue weighted by Gasteiger charge is 2.29. The van der Waals surface area contributed by atoms with Gasteiger partial charge in [-0.15, -0.1) is 0 Å². The highest BCUT2D eigenvalue weighted by molar-refractivity contribution is 6.30. The number of carbonyl (C=O) groups is 1. The fourth-order valence-electron chi connectivity index (χ4n) is 2.78. The molecule has 0 radical (unpaired) electrons. The van der Waals surface area contributed by atoms with E-state index in [4.69, 9.17) is 11.6 Å². The van der Waals surface area contributed by atoms with Crippen LogP contribution in [0.15, 0.2) is 42.6 Å². The fraction of sp³-hybridized carbons (Fsp3) is 0.250. The van der Waals surface area contributed by atoms with Crippen LogP contribution in [0.25, 0.3) is 0 Å². The molecule has 1 unspecified atom stereocenters.